The molecule has 0 saturated heterocycles. The summed E-state index contributed by atoms with van der Waals surface area (Å²) in [4.78, 5) is 12.0. The highest BCUT2D eigenvalue weighted by Crippen LogP contribution is 2.21. The van der Waals surface area contributed by atoms with Crippen LogP contribution in [0, 0.1) is 0 Å². The molecule has 100 valence electrons. The number of aromatic nitrogens is 4. The molecule has 1 saturated carbocycles. The molecule has 0 bridgehead atoms. The molecule has 1 heterocycles. The van der Waals surface area contributed by atoms with Crippen LogP contribution in [-0.4, -0.2) is 37.4 Å². The van der Waals surface area contributed by atoms with Crippen molar-refractivity contribution in [1.29, 1.82) is 0 Å². The molecule has 7 heteroatoms. The molecule has 1 aliphatic rings. The van der Waals surface area contributed by atoms with E-state index in [2.05, 4.69) is 20.8 Å². The number of rotatable bonds is 4. The second kappa shape index (κ2) is 6.17. The van der Waals surface area contributed by atoms with Gasteiger partial charge in [0.05, 0.1) is 5.25 Å². The van der Waals surface area contributed by atoms with E-state index in [0.29, 0.717) is 11.2 Å². The third kappa shape index (κ3) is 3.44. The molecule has 1 fully saturated rings. The Hall–Kier alpha value is -1.11. The number of carbonyl (C=O) groups is 1. The average molecular weight is 269 g/mol. The molecule has 0 spiro atoms. The van der Waals surface area contributed by atoms with Gasteiger partial charge in [-0.15, -0.1) is 5.10 Å². The zero-order chi connectivity index (χ0) is 13.0. The minimum Gasteiger partial charge on any atom is -0.352 e. The smallest absolute Gasteiger partial charge is 0.233 e. The van der Waals surface area contributed by atoms with Crippen LogP contribution in [-0.2, 0) is 11.8 Å². The largest absolute Gasteiger partial charge is 0.352 e. The van der Waals surface area contributed by atoms with Crippen molar-refractivity contribution in [1.82, 2.24) is 25.5 Å². The van der Waals surface area contributed by atoms with Gasteiger partial charge in [0.25, 0.3) is 0 Å². The lowest BCUT2D eigenvalue weighted by atomic mass is 9.95. The summed E-state index contributed by atoms with van der Waals surface area (Å²) >= 11 is 1.39. The van der Waals surface area contributed by atoms with Gasteiger partial charge in [-0.05, 0) is 30.2 Å². The van der Waals surface area contributed by atoms with Gasteiger partial charge in [0.1, 0.15) is 0 Å². The van der Waals surface area contributed by atoms with Crippen LogP contribution >= 0.6 is 11.8 Å². The van der Waals surface area contributed by atoms with E-state index in [1.807, 2.05) is 6.92 Å². The molecule has 0 aliphatic heterocycles. The van der Waals surface area contributed by atoms with Crippen molar-refractivity contribution in [2.75, 3.05) is 0 Å². The van der Waals surface area contributed by atoms with Crippen molar-refractivity contribution in [3.63, 3.8) is 0 Å². The number of tetrazole rings is 1. The zero-order valence-electron chi connectivity index (χ0n) is 10.8. The summed E-state index contributed by atoms with van der Waals surface area (Å²) in [6.45, 7) is 1.89. The van der Waals surface area contributed by atoms with Crippen LogP contribution in [0.3, 0.4) is 0 Å². The Labute approximate surface area is 111 Å². The Morgan fingerprint density at radius 3 is 2.78 bits per heavy atom. The summed E-state index contributed by atoms with van der Waals surface area (Å²) in [5, 5.41) is 14.8. The Morgan fingerprint density at radius 1 is 1.44 bits per heavy atom. The average Bonchev–Trinajstić information content (AvgIpc) is 2.76. The van der Waals surface area contributed by atoms with Crippen molar-refractivity contribution in [2.45, 2.75) is 55.5 Å². The van der Waals surface area contributed by atoms with Crippen molar-refractivity contribution >= 4 is 17.7 Å². The third-order valence-corrected chi connectivity index (χ3v) is 4.31. The lowest BCUT2D eigenvalue weighted by Gasteiger charge is -2.24. The highest BCUT2D eigenvalue weighted by Gasteiger charge is 2.21. The Kier molecular flexibility index (Phi) is 4.57. The molecule has 0 aromatic carbocycles. The van der Waals surface area contributed by atoms with Crippen LogP contribution in [0.15, 0.2) is 5.16 Å². The van der Waals surface area contributed by atoms with Gasteiger partial charge in [-0.25, -0.2) is 4.68 Å². The summed E-state index contributed by atoms with van der Waals surface area (Å²) in [5.41, 5.74) is 0. The summed E-state index contributed by atoms with van der Waals surface area (Å²) in [7, 11) is 1.77. The first-order valence-electron chi connectivity index (χ1n) is 6.36. The normalized spacial score (nSPS) is 18.6. The minimum absolute atomic E-state index is 0.0786. The van der Waals surface area contributed by atoms with Crippen molar-refractivity contribution in [2.24, 2.45) is 7.05 Å². The van der Waals surface area contributed by atoms with Crippen molar-refractivity contribution in [3.05, 3.63) is 0 Å². The summed E-state index contributed by atoms with van der Waals surface area (Å²) in [5.74, 6) is 0.0786. The lowest BCUT2D eigenvalue weighted by molar-refractivity contribution is -0.121. The fraction of sp³-hybridized carbons (Fsp3) is 0.818. The summed E-state index contributed by atoms with van der Waals surface area (Å²) in [6, 6.07) is 0.354. The molecule has 1 N–H and O–H groups in total. The van der Waals surface area contributed by atoms with E-state index in [0.717, 1.165) is 12.8 Å². The van der Waals surface area contributed by atoms with Crippen LogP contribution in [0.5, 0.6) is 0 Å². The number of hydrogen-bond donors (Lipinski definition) is 1. The highest BCUT2D eigenvalue weighted by atomic mass is 32.2. The Bertz CT molecular complexity index is 402. The quantitative estimate of drug-likeness (QED) is 0.830. The number of amides is 1. The number of aryl methyl sites for hydroxylation is 1. The summed E-state index contributed by atoms with van der Waals surface area (Å²) < 4.78 is 1.58. The number of thioether (sulfide) groups is 1. The molecule has 1 amide bonds. The number of nitrogens with zero attached hydrogens (tertiary/aromatic N) is 4. The van der Waals surface area contributed by atoms with Crippen LogP contribution < -0.4 is 5.32 Å². The van der Waals surface area contributed by atoms with Crippen LogP contribution in [0.1, 0.15) is 39.0 Å². The second-order valence-electron chi connectivity index (χ2n) is 4.69. The molecule has 6 nitrogen and oxygen atoms in total. The SMILES string of the molecule is C[C@@H](Sc1nnnn1C)C(=O)NC1CCCCC1. The van der Waals surface area contributed by atoms with Gasteiger partial charge in [-0.3, -0.25) is 4.79 Å². The lowest BCUT2D eigenvalue weighted by Crippen LogP contribution is -2.40. The topological polar surface area (TPSA) is 72.7 Å². The number of hydrogen-bond acceptors (Lipinski definition) is 5. The molecule has 1 aromatic heterocycles. The number of carbonyl (C=O) groups excluding carboxylic acids is 1. The van der Waals surface area contributed by atoms with Gasteiger partial charge >= 0.3 is 0 Å². The summed E-state index contributed by atoms with van der Waals surface area (Å²) in [6.07, 6.45) is 5.95. The number of nitrogens with one attached hydrogen (secondary N) is 1. The molecule has 0 radical (unpaired) electrons. The van der Waals surface area contributed by atoms with Gasteiger partial charge < -0.3 is 5.32 Å². The predicted octanol–water partition coefficient (Wildman–Crippen LogP) is 1.14. The molecule has 1 aliphatic carbocycles. The molecule has 1 atom stereocenters. The maximum atomic E-state index is 12.0. The minimum atomic E-state index is -0.170. The molecule has 18 heavy (non-hydrogen) atoms. The van der Waals surface area contributed by atoms with E-state index >= 15 is 0 Å². The van der Waals surface area contributed by atoms with Crippen LogP contribution in [0.2, 0.25) is 0 Å². The standard InChI is InChI=1S/C11H19N5OS/c1-8(18-11-13-14-15-16(11)2)10(17)12-9-6-4-3-5-7-9/h8-9H,3-7H2,1-2H3,(H,12,17)/t8-/m1/s1. The highest BCUT2D eigenvalue weighted by molar-refractivity contribution is 8.00. The van der Waals surface area contributed by atoms with E-state index in [-0.39, 0.29) is 11.2 Å². The Balaban J connectivity index is 1.83. The maximum absolute atomic E-state index is 12.0. The van der Waals surface area contributed by atoms with Gasteiger partial charge in [-0.1, -0.05) is 31.0 Å². The fourth-order valence-electron chi connectivity index (χ4n) is 2.10. The molecule has 2 rings (SSSR count). The Morgan fingerprint density at radius 2 is 2.17 bits per heavy atom. The van der Waals surface area contributed by atoms with Gasteiger partial charge in [0.15, 0.2) is 0 Å². The molecule has 0 unspecified atom stereocenters. The van der Waals surface area contributed by atoms with Crippen LogP contribution in [0.4, 0.5) is 0 Å². The van der Waals surface area contributed by atoms with E-state index in [1.165, 1.54) is 31.0 Å². The van der Waals surface area contributed by atoms with E-state index in [1.54, 1.807) is 11.7 Å². The van der Waals surface area contributed by atoms with Gasteiger partial charge in [0.2, 0.25) is 11.1 Å². The van der Waals surface area contributed by atoms with Gasteiger partial charge in [-0.2, -0.15) is 0 Å². The van der Waals surface area contributed by atoms with E-state index in [9.17, 15) is 4.79 Å². The van der Waals surface area contributed by atoms with Crippen molar-refractivity contribution in [3.8, 4) is 0 Å². The van der Waals surface area contributed by atoms with Crippen LogP contribution in [0.25, 0.3) is 0 Å². The molecule has 1 aromatic rings. The zero-order valence-corrected chi connectivity index (χ0v) is 11.6. The second-order valence-corrected chi connectivity index (χ2v) is 6.00. The van der Waals surface area contributed by atoms with Gasteiger partial charge in [0, 0.05) is 13.1 Å². The van der Waals surface area contributed by atoms with E-state index in [4.69, 9.17) is 0 Å². The maximum Gasteiger partial charge on any atom is 0.233 e. The first-order chi connectivity index (χ1) is 8.66. The third-order valence-electron chi connectivity index (χ3n) is 3.18. The molecular formula is C11H19N5OS. The fourth-order valence-corrected chi connectivity index (χ4v) is 2.86. The van der Waals surface area contributed by atoms with Crippen molar-refractivity contribution < 1.29 is 4.79 Å². The first kappa shape index (κ1) is 13.3. The molecular weight excluding hydrogens is 250 g/mol. The first-order valence-corrected chi connectivity index (χ1v) is 7.24. The monoisotopic (exact) mass is 269 g/mol. The van der Waals surface area contributed by atoms with E-state index < -0.39 is 0 Å². The predicted molar refractivity (Wildman–Crippen MR) is 69.1 cm³/mol.